The van der Waals surface area contributed by atoms with Crippen LogP contribution in [-0.4, -0.2) is 54.6 Å². The highest BCUT2D eigenvalue weighted by atomic mass is 19.1. The Morgan fingerprint density at radius 1 is 1.47 bits per heavy atom. The summed E-state index contributed by atoms with van der Waals surface area (Å²) in [5.74, 6) is -0.666. The van der Waals surface area contributed by atoms with E-state index in [0.29, 0.717) is 6.42 Å². The van der Waals surface area contributed by atoms with E-state index in [1.54, 1.807) is 0 Å². The molecule has 5 nitrogen and oxygen atoms in total. The number of hydrogen-bond acceptors (Lipinski definition) is 5. The number of nitrogens with two attached hydrogens (primary N) is 1. The van der Waals surface area contributed by atoms with Gasteiger partial charge in [-0.15, -0.1) is 0 Å². The summed E-state index contributed by atoms with van der Waals surface area (Å²) in [6.07, 6.45) is -1.47. The SMILES string of the molecule is CC1(C)O[C@@H]2[C@H](O1)[C@@H](OCC(F)CO)C[C@H]2N. The van der Waals surface area contributed by atoms with Crippen LogP contribution in [0.5, 0.6) is 0 Å². The van der Waals surface area contributed by atoms with E-state index in [1.165, 1.54) is 0 Å². The monoisotopic (exact) mass is 249 g/mol. The molecule has 0 bridgehead atoms. The van der Waals surface area contributed by atoms with E-state index in [-0.39, 0.29) is 31.0 Å². The first kappa shape index (κ1) is 13.2. The van der Waals surface area contributed by atoms with Gasteiger partial charge in [0.1, 0.15) is 18.4 Å². The smallest absolute Gasteiger partial charge is 0.163 e. The van der Waals surface area contributed by atoms with Gasteiger partial charge in [0.2, 0.25) is 0 Å². The Labute approximate surface area is 100 Å². The molecule has 1 unspecified atom stereocenters. The summed E-state index contributed by atoms with van der Waals surface area (Å²) >= 11 is 0. The lowest BCUT2D eigenvalue weighted by molar-refractivity contribution is -0.169. The first-order valence-electron chi connectivity index (χ1n) is 5.90. The Morgan fingerprint density at radius 3 is 2.76 bits per heavy atom. The zero-order valence-corrected chi connectivity index (χ0v) is 10.1. The van der Waals surface area contributed by atoms with E-state index < -0.39 is 18.6 Å². The number of ether oxygens (including phenoxy) is 3. The van der Waals surface area contributed by atoms with E-state index >= 15 is 0 Å². The zero-order valence-electron chi connectivity index (χ0n) is 10.1. The molecule has 3 N–H and O–H groups in total. The fourth-order valence-corrected chi connectivity index (χ4v) is 2.42. The zero-order chi connectivity index (χ0) is 12.6. The van der Waals surface area contributed by atoms with Crippen molar-refractivity contribution in [3.8, 4) is 0 Å². The first-order valence-corrected chi connectivity index (χ1v) is 5.90. The molecule has 0 amide bonds. The highest BCUT2D eigenvalue weighted by Crippen LogP contribution is 2.38. The van der Waals surface area contributed by atoms with Crippen LogP contribution < -0.4 is 5.73 Å². The molecule has 1 saturated carbocycles. The minimum Gasteiger partial charge on any atom is -0.393 e. The second-order valence-corrected chi connectivity index (χ2v) is 5.12. The molecule has 0 aromatic rings. The minimum absolute atomic E-state index is 0.138. The topological polar surface area (TPSA) is 73.9 Å². The standard InChI is InChI=1S/C11H20FNO4/c1-11(2)16-9-7(13)3-8(10(9)17-11)15-5-6(12)4-14/h6-10,14H,3-5,13H2,1-2H3/t6?,7-,8+,9+,10-/m1/s1. The van der Waals surface area contributed by atoms with Crippen LogP contribution in [0, 0.1) is 0 Å². The number of rotatable bonds is 4. The van der Waals surface area contributed by atoms with E-state index in [1.807, 2.05) is 13.8 Å². The fourth-order valence-electron chi connectivity index (χ4n) is 2.42. The van der Waals surface area contributed by atoms with E-state index in [2.05, 4.69) is 0 Å². The molecule has 1 saturated heterocycles. The number of fused-ring (bicyclic) bond motifs is 1. The van der Waals surface area contributed by atoms with Gasteiger partial charge in [0.15, 0.2) is 5.79 Å². The van der Waals surface area contributed by atoms with Gasteiger partial charge in [0, 0.05) is 6.04 Å². The van der Waals surface area contributed by atoms with Crippen LogP contribution in [0.3, 0.4) is 0 Å². The molecule has 17 heavy (non-hydrogen) atoms. The van der Waals surface area contributed by atoms with Crippen LogP contribution >= 0.6 is 0 Å². The van der Waals surface area contributed by atoms with Crippen LogP contribution in [-0.2, 0) is 14.2 Å². The number of hydrogen-bond donors (Lipinski definition) is 2. The number of alkyl halides is 1. The maximum absolute atomic E-state index is 12.9. The van der Waals surface area contributed by atoms with E-state index in [0.717, 1.165) is 0 Å². The average Bonchev–Trinajstić information content (AvgIpc) is 2.71. The normalized spacial score (nSPS) is 41.5. The largest absolute Gasteiger partial charge is 0.393 e. The Morgan fingerprint density at radius 2 is 2.12 bits per heavy atom. The predicted molar refractivity (Wildman–Crippen MR) is 58.1 cm³/mol. The summed E-state index contributed by atoms with van der Waals surface area (Å²) in [6.45, 7) is 2.97. The number of aliphatic hydroxyl groups is 1. The molecule has 0 spiro atoms. The van der Waals surface area contributed by atoms with Crippen molar-refractivity contribution in [1.82, 2.24) is 0 Å². The van der Waals surface area contributed by atoms with Gasteiger partial charge in [-0.05, 0) is 20.3 Å². The van der Waals surface area contributed by atoms with Crippen molar-refractivity contribution in [1.29, 1.82) is 0 Å². The summed E-state index contributed by atoms with van der Waals surface area (Å²) < 4.78 is 29.7. The Balaban J connectivity index is 1.92. The van der Waals surface area contributed by atoms with Crippen molar-refractivity contribution >= 4 is 0 Å². The van der Waals surface area contributed by atoms with Crippen LogP contribution in [0.15, 0.2) is 0 Å². The lowest BCUT2D eigenvalue weighted by Gasteiger charge is -2.23. The first-order chi connectivity index (χ1) is 7.93. The maximum Gasteiger partial charge on any atom is 0.163 e. The molecule has 1 heterocycles. The third-order valence-corrected chi connectivity index (χ3v) is 3.15. The molecule has 2 fully saturated rings. The van der Waals surface area contributed by atoms with Crippen molar-refractivity contribution in [2.45, 2.75) is 56.6 Å². The Bertz CT molecular complexity index is 276. The van der Waals surface area contributed by atoms with Gasteiger partial charge in [-0.2, -0.15) is 0 Å². The van der Waals surface area contributed by atoms with Gasteiger partial charge in [0.05, 0.1) is 19.3 Å². The molecule has 0 aromatic heterocycles. The van der Waals surface area contributed by atoms with Crippen molar-refractivity contribution in [2.24, 2.45) is 5.73 Å². The molecule has 0 aromatic carbocycles. The summed E-state index contributed by atoms with van der Waals surface area (Å²) in [7, 11) is 0. The van der Waals surface area contributed by atoms with Crippen LogP contribution in [0.4, 0.5) is 4.39 Å². The second kappa shape index (κ2) is 4.78. The quantitative estimate of drug-likeness (QED) is 0.731. The molecule has 1 aliphatic heterocycles. The van der Waals surface area contributed by atoms with Gasteiger partial charge in [0.25, 0.3) is 0 Å². The Kier molecular flexibility index (Phi) is 3.70. The Hall–Kier alpha value is -0.270. The maximum atomic E-state index is 12.9. The molecular weight excluding hydrogens is 229 g/mol. The van der Waals surface area contributed by atoms with Gasteiger partial charge in [-0.1, -0.05) is 0 Å². The molecule has 6 heteroatoms. The fraction of sp³-hybridized carbons (Fsp3) is 1.00. The van der Waals surface area contributed by atoms with Crippen LogP contribution in [0.25, 0.3) is 0 Å². The highest BCUT2D eigenvalue weighted by Gasteiger charge is 2.53. The molecule has 0 radical (unpaired) electrons. The molecule has 2 rings (SSSR count). The summed E-state index contributed by atoms with van der Waals surface area (Å²) in [5, 5.41) is 8.60. The van der Waals surface area contributed by atoms with Gasteiger partial charge in [-0.25, -0.2) is 4.39 Å². The van der Waals surface area contributed by atoms with Crippen LogP contribution in [0.2, 0.25) is 0 Å². The van der Waals surface area contributed by atoms with E-state index in [4.69, 9.17) is 25.1 Å². The minimum atomic E-state index is -1.36. The van der Waals surface area contributed by atoms with Gasteiger partial charge < -0.3 is 25.1 Å². The van der Waals surface area contributed by atoms with Crippen LogP contribution in [0.1, 0.15) is 20.3 Å². The van der Waals surface area contributed by atoms with Crippen molar-refractivity contribution in [3.63, 3.8) is 0 Å². The van der Waals surface area contributed by atoms with Crippen molar-refractivity contribution in [2.75, 3.05) is 13.2 Å². The summed E-state index contributed by atoms with van der Waals surface area (Å²) in [4.78, 5) is 0. The highest BCUT2D eigenvalue weighted by molar-refractivity contribution is 5.01. The number of halogens is 1. The summed E-state index contributed by atoms with van der Waals surface area (Å²) in [5.41, 5.74) is 5.94. The molecule has 2 aliphatic rings. The van der Waals surface area contributed by atoms with Crippen molar-refractivity contribution < 1.29 is 23.7 Å². The average molecular weight is 249 g/mol. The lowest BCUT2D eigenvalue weighted by Crippen LogP contribution is -2.35. The van der Waals surface area contributed by atoms with Crippen molar-refractivity contribution in [3.05, 3.63) is 0 Å². The molecular formula is C11H20FNO4. The predicted octanol–water partition coefficient (Wildman–Crippen LogP) is -0.0469. The third-order valence-electron chi connectivity index (χ3n) is 3.15. The van der Waals surface area contributed by atoms with E-state index in [9.17, 15) is 4.39 Å². The lowest BCUT2D eigenvalue weighted by atomic mass is 10.2. The summed E-state index contributed by atoms with van der Waals surface area (Å²) in [6, 6.07) is -0.154. The molecule has 100 valence electrons. The molecule has 1 aliphatic carbocycles. The third kappa shape index (κ3) is 2.77. The van der Waals surface area contributed by atoms with Gasteiger partial charge >= 0.3 is 0 Å². The van der Waals surface area contributed by atoms with Gasteiger partial charge in [-0.3, -0.25) is 0 Å². The molecule has 5 atom stereocenters. The second-order valence-electron chi connectivity index (χ2n) is 5.12. The number of aliphatic hydroxyl groups excluding tert-OH is 1.